The van der Waals surface area contributed by atoms with Gasteiger partial charge in [0.05, 0.1) is 35.2 Å². The van der Waals surface area contributed by atoms with Crippen molar-refractivity contribution >= 4 is 37.5 Å². The molecule has 1 amide bonds. The molecule has 2 aromatic heterocycles. The van der Waals surface area contributed by atoms with Crippen LogP contribution < -0.4 is 5.32 Å². The molecule has 1 saturated heterocycles. The minimum atomic E-state index is -3.43. The number of nitrogens with zero attached hydrogens (tertiary/aromatic N) is 3. The maximum absolute atomic E-state index is 13.2. The first-order valence-corrected chi connectivity index (χ1v) is 11.9. The Morgan fingerprint density at radius 2 is 1.97 bits per heavy atom. The lowest BCUT2D eigenvalue weighted by atomic mass is 10.3. The van der Waals surface area contributed by atoms with Gasteiger partial charge in [0.25, 0.3) is 5.91 Å². The summed E-state index contributed by atoms with van der Waals surface area (Å²) in [5, 5.41) is 7.99. The number of thiophene rings is 1. The lowest BCUT2D eigenvalue weighted by molar-refractivity contribution is 0.0730. The molecule has 0 bridgehead atoms. The predicted molar refractivity (Wildman–Crippen MR) is 112 cm³/mol. The van der Waals surface area contributed by atoms with E-state index in [9.17, 15) is 17.6 Å². The molecule has 8 nitrogen and oxygen atoms in total. The molecule has 30 heavy (non-hydrogen) atoms. The number of amides is 1. The standard InChI is InChI=1S/C19H21FN4O4S2/c1-13-16-12-17(29-19(16)24(22-13)15-4-2-14(20)3-5-15)18(25)21-6-11-30(26,27)23-7-9-28-10-8-23/h2-5,12H,6-11H2,1H3,(H,21,25). The Morgan fingerprint density at radius 3 is 2.67 bits per heavy atom. The van der Waals surface area contributed by atoms with E-state index in [2.05, 4.69) is 10.4 Å². The van der Waals surface area contributed by atoms with Crippen molar-refractivity contribution in [3.63, 3.8) is 0 Å². The normalized spacial score (nSPS) is 15.5. The molecule has 4 rings (SSSR count). The van der Waals surface area contributed by atoms with E-state index in [-0.39, 0.29) is 24.0 Å². The van der Waals surface area contributed by atoms with E-state index in [1.807, 2.05) is 6.92 Å². The number of benzene rings is 1. The Kier molecular flexibility index (Phi) is 5.87. The highest BCUT2D eigenvalue weighted by Crippen LogP contribution is 2.30. The van der Waals surface area contributed by atoms with Gasteiger partial charge in [-0.1, -0.05) is 0 Å². The van der Waals surface area contributed by atoms with Crippen LogP contribution in [0.2, 0.25) is 0 Å². The maximum Gasteiger partial charge on any atom is 0.261 e. The number of carbonyl (C=O) groups is 1. The molecule has 1 aliphatic rings. The average Bonchev–Trinajstić information content (AvgIpc) is 3.30. The lowest BCUT2D eigenvalue weighted by Crippen LogP contribution is -2.43. The number of fused-ring (bicyclic) bond motifs is 1. The number of ether oxygens (including phenoxy) is 1. The van der Waals surface area contributed by atoms with Gasteiger partial charge in [-0.25, -0.2) is 17.5 Å². The van der Waals surface area contributed by atoms with Crippen LogP contribution in [0.15, 0.2) is 30.3 Å². The second-order valence-corrected chi connectivity index (χ2v) is 10.0. The van der Waals surface area contributed by atoms with Crippen molar-refractivity contribution < 1.29 is 22.3 Å². The molecule has 0 unspecified atom stereocenters. The smallest absolute Gasteiger partial charge is 0.261 e. The van der Waals surface area contributed by atoms with E-state index in [0.717, 1.165) is 15.9 Å². The largest absolute Gasteiger partial charge is 0.379 e. The molecular weight excluding hydrogens is 431 g/mol. The molecule has 0 saturated carbocycles. The highest BCUT2D eigenvalue weighted by atomic mass is 32.2. The van der Waals surface area contributed by atoms with E-state index in [4.69, 9.17) is 4.74 Å². The zero-order chi connectivity index (χ0) is 21.3. The first-order valence-electron chi connectivity index (χ1n) is 9.44. The van der Waals surface area contributed by atoms with Crippen molar-refractivity contribution in [2.45, 2.75) is 6.92 Å². The fourth-order valence-corrected chi connectivity index (χ4v) is 5.67. The van der Waals surface area contributed by atoms with Crippen molar-refractivity contribution in [1.29, 1.82) is 0 Å². The van der Waals surface area contributed by atoms with Crippen LogP contribution >= 0.6 is 11.3 Å². The molecule has 1 N–H and O–H groups in total. The van der Waals surface area contributed by atoms with Crippen molar-refractivity contribution in [2.24, 2.45) is 0 Å². The van der Waals surface area contributed by atoms with E-state index < -0.39 is 10.0 Å². The Hall–Kier alpha value is -2.34. The molecule has 3 heterocycles. The quantitative estimate of drug-likeness (QED) is 0.617. The topological polar surface area (TPSA) is 93.5 Å². The summed E-state index contributed by atoms with van der Waals surface area (Å²) in [6, 6.07) is 7.70. The van der Waals surface area contributed by atoms with Crippen molar-refractivity contribution in [3.8, 4) is 5.69 Å². The molecule has 11 heteroatoms. The number of hydrogen-bond donors (Lipinski definition) is 1. The van der Waals surface area contributed by atoms with Crippen LogP contribution in [0.4, 0.5) is 4.39 Å². The fraction of sp³-hybridized carbons (Fsp3) is 0.368. The molecule has 0 aliphatic carbocycles. The van der Waals surface area contributed by atoms with Gasteiger partial charge in [-0.05, 0) is 37.3 Å². The summed E-state index contributed by atoms with van der Waals surface area (Å²) < 4.78 is 46.2. The number of hydrogen-bond acceptors (Lipinski definition) is 6. The van der Waals surface area contributed by atoms with E-state index in [1.54, 1.807) is 22.9 Å². The third-order valence-electron chi connectivity index (χ3n) is 4.85. The van der Waals surface area contributed by atoms with Gasteiger partial charge in [0.2, 0.25) is 10.0 Å². The van der Waals surface area contributed by atoms with Gasteiger partial charge in [0.15, 0.2) is 0 Å². The summed E-state index contributed by atoms with van der Waals surface area (Å²) in [5.74, 6) is -0.831. The van der Waals surface area contributed by atoms with Crippen LogP contribution in [0.1, 0.15) is 15.4 Å². The van der Waals surface area contributed by atoms with Crippen LogP contribution in [0.5, 0.6) is 0 Å². The average molecular weight is 453 g/mol. The monoisotopic (exact) mass is 452 g/mol. The Morgan fingerprint density at radius 1 is 1.27 bits per heavy atom. The van der Waals surface area contributed by atoms with E-state index >= 15 is 0 Å². The summed E-state index contributed by atoms with van der Waals surface area (Å²) in [4.78, 5) is 13.8. The van der Waals surface area contributed by atoms with Crippen LogP contribution in [-0.2, 0) is 14.8 Å². The second kappa shape index (κ2) is 8.42. The molecule has 1 aromatic carbocycles. The molecular formula is C19H21FN4O4S2. The van der Waals surface area contributed by atoms with Crippen LogP contribution in [-0.4, -0.2) is 67.0 Å². The number of nitrogens with one attached hydrogen (secondary N) is 1. The number of carbonyl (C=O) groups excluding carboxylic acids is 1. The Labute approximate surface area is 177 Å². The Bertz CT molecular complexity index is 1170. The highest BCUT2D eigenvalue weighted by molar-refractivity contribution is 7.89. The Balaban J connectivity index is 1.46. The molecule has 1 fully saturated rings. The number of sulfonamides is 1. The minimum absolute atomic E-state index is 0.0236. The number of rotatable bonds is 6. The van der Waals surface area contributed by atoms with Crippen molar-refractivity contribution in [3.05, 3.63) is 46.7 Å². The van der Waals surface area contributed by atoms with Crippen molar-refractivity contribution in [1.82, 2.24) is 19.4 Å². The SMILES string of the molecule is Cc1nn(-c2ccc(F)cc2)c2sc(C(=O)NCCS(=O)(=O)N3CCOCC3)cc12. The summed E-state index contributed by atoms with van der Waals surface area (Å²) >= 11 is 1.26. The molecule has 0 spiro atoms. The first kappa shape index (κ1) is 20.9. The molecule has 1 aliphatic heterocycles. The third kappa shape index (κ3) is 4.24. The van der Waals surface area contributed by atoms with Crippen LogP contribution in [0, 0.1) is 12.7 Å². The summed E-state index contributed by atoms with van der Waals surface area (Å²) in [5.41, 5.74) is 1.44. The number of halogens is 1. The highest BCUT2D eigenvalue weighted by Gasteiger charge is 2.24. The predicted octanol–water partition coefficient (Wildman–Crippen LogP) is 1.93. The van der Waals surface area contributed by atoms with Gasteiger partial charge in [0, 0.05) is 25.0 Å². The van der Waals surface area contributed by atoms with Crippen LogP contribution in [0.25, 0.3) is 15.9 Å². The van der Waals surface area contributed by atoms with Gasteiger partial charge in [-0.3, -0.25) is 4.79 Å². The number of morpholine rings is 1. The van der Waals surface area contributed by atoms with Gasteiger partial charge in [-0.15, -0.1) is 11.3 Å². The number of aryl methyl sites for hydroxylation is 1. The third-order valence-corrected chi connectivity index (χ3v) is 7.83. The van der Waals surface area contributed by atoms with Gasteiger partial charge < -0.3 is 10.1 Å². The van der Waals surface area contributed by atoms with Gasteiger partial charge in [0.1, 0.15) is 10.6 Å². The van der Waals surface area contributed by atoms with E-state index in [1.165, 1.54) is 27.8 Å². The van der Waals surface area contributed by atoms with Gasteiger partial charge >= 0.3 is 0 Å². The number of aromatic nitrogens is 2. The zero-order valence-corrected chi connectivity index (χ0v) is 17.9. The summed E-state index contributed by atoms with van der Waals surface area (Å²) in [6.45, 7) is 3.31. The molecule has 0 atom stereocenters. The van der Waals surface area contributed by atoms with E-state index in [0.29, 0.717) is 36.9 Å². The molecule has 160 valence electrons. The first-order chi connectivity index (χ1) is 14.3. The van der Waals surface area contributed by atoms with Crippen molar-refractivity contribution in [2.75, 3.05) is 38.6 Å². The molecule has 3 aromatic rings. The summed E-state index contributed by atoms with van der Waals surface area (Å²) in [6.07, 6.45) is 0. The minimum Gasteiger partial charge on any atom is -0.379 e. The fourth-order valence-electron chi connectivity index (χ4n) is 3.25. The summed E-state index contributed by atoms with van der Waals surface area (Å²) in [7, 11) is -3.43. The van der Waals surface area contributed by atoms with Gasteiger partial charge in [-0.2, -0.15) is 9.40 Å². The maximum atomic E-state index is 13.2. The molecule has 0 radical (unpaired) electrons. The lowest BCUT2D eigenvalue weighted by Gasteiger charge is -2.25. The zero-order valence-electron chi connectivity index (χ0n) is 16.3. The second-order valence-electron chi connectivity index (χ2n) is 6.89. The van der Waals surface area contributed by atoms with Crippen LogP contribution in [0.3, 0.4) is 0 Å².